The lowest BCUT2D eigenvalue weighted by Gasteiger charge is -2.13. The van der Waals surface area contributed by atoms with E-state index in [9.17, 15) is 4.79 Å². The highest BCUT2D eigenvalue weighted by atomic mass is 16.2. The van der Waals surface area contributed by atoms with Crippen molar-refractivity contribution in [1.82, 2.24) is 5.32 Å². The van der Waals surface area contributed by atoms with Crippen molar-refractivity contribution in [3.63, 3.8) is 0 Å². The van der Waals surface area contributed by atoms with Crippen LogP contribution in [0.2, 0.25) is 0 Å². The van der Waals surface area contributed by atoms with Gasteiger partial charge in [0.05, 0.1) is 0 Å². The van der Waals surface area contributed by atoms with Crippen molar-refractivity contribution < 1.29 is 4.79 Å². The van der Waals surface area contributed by atoms with E-state index in [1.807, 2.05) is 48.5 Å². The zero-order valence-corrected chi connectivity index (χ0v) is 11.7. The maximum Gasteiger partial charge on any atom is 0.319 e. The zero-order valence-electron chi connectivity index (χ0n) is 11.7. The number of benzene rings is 2. The number of amides is 2. The highest BCUT2D eigenvalue weighted by molar-refractivity contribution is 5.89. The lowest BCUT2D eigenvalue weighted by molar-refractivity contribution is 0.252. The van der Waals surface area contributed by atoms with Gasteiger partial charge in [0.2, 0.25) is 0 Å². The normalized spacial score (nSPS) is 11.7. The van der Waals surface area contributed by atoms with Crippen molar-refractivity contribution in [3.8, 4) is 0 Å². The number of para-hydroxylation sites is 1. The van der Waals surface area contributed by atoms with Crippen LogP contribution in [0, 0.1) is 0 Å². The van der Waals surface area contributed by atoms with Crippen LogP contribution in [0.15, 0.2) is 60.7 Å². The molecule has 0 radical (unpaired) electrons. The van der Waals surface area contributed by atoms with Crippen LogP contribution in [0.1, 0.15) is 24.8 Å². The van der Waals surface area contributed by atoms with E-state index in [-0.39, 0.29) is 6.03 Å². The van der Waals surface area contributed by atoms with E-state index >= 15 is 0 Å². The second-order valence-electron chi connectivity index (χ2n) is 4.85. The number of hydrogen-bond acceptors (Lipinski definition) is 1. The van der Waals surface area contributed by atoms with Crippen molar-refractivity contribution in [2.75, 3.05) is 11.9 Å². The summed E-state index contributed by atoms with van der Waals surface area (Å²) < 4.78 is 0. The Kier molecular flexibility index (Phi) is 5.18. The number of anilines is 1. The quantitative estimate of drug-likeness (QED) is 0.845. The molecule has 0 fully saturated rings. The zero-order chi connectivity index (χ0) is 14.2. The summed E-state index contributed by atoms with van der Waals surface area (Å²) in [6.45, 7) is 2.83. The van der Waals surface area contributed by atoms with Crippen LogP contribution in [0.25, 0.3) is 0 Å². The van der Waals surface area contributed by atoms with Crippen molar-refractivity contribution in [2.24, 2.45) is 0 Å². The Bertz CT molecular complexity index is 525. The maximum atomic E-state index is 11.7. The predicted molar refractivity (Wildman–Crippen MR) is 82.9 cm³/mol. The topological polar surface area (TPSA) is 41.1 Å². The Hall–Kier alpha value is -2.29. The second-order valence-corrected chi connectivity index (χ2v) is 4.85. The molecule has 3 heteroatoms. The first-order valence-corrected chi connectivity index (χ1v) is 6.90. The first kappa shape index (κ1) is 14.1. The first-order chi connectivity index (χ1) is 9.75. The van der Waals surface area contributed by atoms with Crippen LogP contribution < -0.4 is 10.6 Å². The van der Waals surface area contributed by atoms with Crippen molar-refractivity contribution in [2.45, 2.75) is 19.3 Å². The Labute approximate surface area is 120 Å². The predicted octanol–water partition coefficient (Wildman–Crippen LogP) is 4.00. The highest BCUT2D eigenvalue weighted by Gasteiger charge is 2.06. The molecule has 1 unspecified atom stereocenters. The molecule has 2 aromatic rings. The van der Waals surface area contributed by atoms with Gasteiger partial charge >= 0.3 is 6.03 Å². The molecule has 0 aliphatic carbocycles. The van der Waals surface area contributed by atoms with E-state index < -0.39 is 0 Å². The summed E-state index contributed by atoms with van der Waals surface area (Å²) in [5.41, 5.74) is 2.11. The summed E-state index contributed by atoms with van der Waals surface area (Å²) in [7, 11) is 0. The molecule has 2 N–H and O–H groups in total. The second kappa shape index (κ2) is 7.34. The van der Waals surface area contributed by atoms with Gasteiger partial charge in [-0.2, -0.15) is 0 Å². The molecule has 0 saturated carbocycles. The standard InChI is InChI=1S/C17H20N2O/c1-14(15-8-4-2-5-9-15)12-13-18-17(20)19-16-10-6-3-7-11-16/h2-11,14H,12-13H2,1H3,(H2,18,19,20). The molecule has 0 spiro atoms. The third-order valence-corrected chi connectivity index (χ3v) is 3.26. The Morgan fingerprint density at radius 3 is 2.25 bits per heavy atom. The Morgan fingerprint density at radius 2 is 1.60 bits per heavy atom. The number of carbonyl (C=O) groups is 1. The van der Waals surface area contributed by atoms with Gasteiger partial charge in [-0.25, -0.2) is 4.79 Å². The number of nitrogens with one attached hydrogen (secondary N) is 2. The minimum Gasteiger partial charge on any atom is -0.338 e. The molecule has 0 saturated heterocycles. The van der Waals surface area contributed by atoms with Gasteiger partial charge in [-0.15, -0.1) is 0 Å². The molecule has 2 rings (SSSR count). The SMILES string of the molecule is CC(CCNC(=O)Nc1ccccc1)c1ccccc1. The van der Waals surface area contributed by atoms with E-state index in [0.717, 1.165) is 12.1 Å². The lowest BCUT2D eigenvalue weighted by Crippen LogP contribution is -2.30. The van der Waals surface area contributed by atoms with Crippen LogP contribution in [-0.4, -0.2) is 12.6 Å². The first-order valence-electron chi connectivity index (χ1n) is 6.90. The fourth-order valence-corrected chi connectivity index (χ4v) is 2.05. The van der Waals surface area contributed by atoms with Gasteiger partial charge in [0.15, 0.2) is 0 Å². The number of hydrogen-bond donors (Lipinski definition) is 2. The van der Waals surface area contributed by atoms with E-state index in [2.05, 4.69) is 29.7 Å². The largest absolute Gasteiger partial charge is 0.338 e. The smallest absolute Gasteiger partial charge is 0.319 e. The molecule has 2 aromatic carbocycles. The van der Waals surface area contributed by atoms with E-state index in [1.54, 1.807) is 0 Å². The third kappa shape index (κ3) is 4.43. The molecule has 0 bridgehead atoms. The maximum absolute atomic E-state index is 11.7. The fourth-order valence-electron chi connectivity index (χ4n) is 2.05. The molecule has 0 aliphatic rings. The third-order valence-electron chi connectivity index (χ3n) is 3.26. The van der Waals surface area contributed by atoms with Gasteiger partial charge in [0.1, 0.15) is 0 Å². The summed E-state index contributed by atoms with van der Waals surface area (Å²) in [5.74, 6) is 0.438. The van der Waals surface area contributed by atoms with Crippen molar-refractivity contribution in [3.05, 3.63) is 66.2 Å². The van der Waals surface area contributed by atoms with Crippen LogP contribution in [0.4, 0.5) is 10.5 Å². The molecule has 3 nitrogen and oxygen atoms in total. The van der Waals surface area contributed by atoms with E-state index in [1.165, 1.54) is 5.56 Å². The summed E-state index contributed by atoms with van der Waals surface area (Å²) in [4.78, 5) is 11.7. The highest BCUT2D eigenvalue weighted by Crippen LogP contribution is 2.17. The Balaban J connectivity index is 1.72. The summed E-state index contributed by atoms with van der Waals surface area (Å²) in [6.07, 6.45) is 0.923. The van der Waals surface area contributed by atoms with Crippen LogP contribution in [0.5, 0.6) is 0 Å². The average molecular weight is 268 g/mol. The minimum absolute atomic E-state index is 0.156. The Morgan fingerprint density at radius 1 is 1.00 bits per heavy atom. The molecule has 104 valence electrons. The van der Waals surface area contributed by atoms with Gasteiger partial charge in [0.25, 0.3) is 0 Å². The summed E-state index contributed by atoms with van der Waals surface area (Å²) >= 11 is 0. The molecule has 0 heterocycles. The van der Waals surface area contributed by atoms with Gasteiger partial charge < -0.3 is 10.6 Å². The van der Waals surface area contributed by atoms with Gasteiger partial charge in [-0.1, -0.05) is 55.5 Å². The molecule has 1 atom stereocenters. The van der Waals surface area contributed by atoms with E-state index in [0.29, 0.717) is 12.5 Å². The molecule has 0 aromatic heterocycles. The molecular weight excluding hydrogens is 248 g/mol. The number of rotatable bonds is 5. The molecule has 0 aliphatic heterocycles. The molecule has 20 heavy (non-hydrogen) atoms. The molecule has 2 amide bonds. The van der Waals surface area contributed by atoms with Gasteiger partial charge in [-0.3, -0.25) is 0 Å². The van der Waals surface area contributed by atoms with Crippen LogP contribution >= 0.6 is 0 Å². The van der Waals surface area contributed by atoms with E-state index in [4.69, 9.17) is 0 Å². The van der Waals surface area contributed by atoms with Gasteiger partial charge in [-0.05, 0) is 30.0 Å². The summed E-state index contributed by atoms with van der Waals surface area (Å²) in [6, 6.07) is 19.6. The molecular formula is C17H20N2O. The van der Waals surface area contributed by atoms with Crippen molar-refractivity contribution in [1.29, 1.82) is 0 Å². The summed E-state index contributed by atoms with van der Waals surface area (Å²) in [5, 5.41) is 5.69. The van der Waals surface area contributed by atoms with Crippen LogP contribution in [-0.2, 0) is 0 Å². The number of urea groups is 1. The number of carbonyl (C=O) groups excluding carboxylic acids is 1. The van der Waals surface area contributed by atoms with Gasteiger partial charge in [0, 0.05) is 12.2 Å². The lowest BCUT2D eigenvalue weighted by atomic mass is 9.98. The average Bonchev–Trinajstić information content (AvgIpc) is 2.49. The fraction of sp³-hybridized carbons (Fsp3) is 0.235. The minimum atomic E-state index is -0.156. The van der Waals surface area contributed by atoms with Crippen LogP contribution in [0.3, 0.4) is 0 Å². The van der Waals surface area contributed by atoms with Crippen molar-refractivity contribution >= 4 is 11.7 Å². The monoisotopic (exact) mass is 268 g/mol.